The molecule has 0 saturated heterocycles. The first-order valence-electron chi connectivity index (χ1n) is 12.9. The molecule has 0 aliphatic rings. The van der Waals surface area contributed by atoms with Crippen LogP contribution in [0.15, 0.2) is 60.8 Å². The molecule has 0 aromatic rings. The van der Waals surface area contributed by atoms with Crippen LogP contribution in [0.2, 0.25) is 0 Å². The number of ether oxygens (including phenoxy) is 2. The van der Waals surface area contributed by atoms with Gasteiger partial charge in [0.15, 0.2) is 6.10 Å². The molecule has 0 bridgehead atoms. The Morgan fingerprint density at radius 1 is 0.816 bits per heavy atom. The van der Waals surface area contributed by atoms with Crippen molar-refractivity contribution in [2.45, 2.75) is 58.5 Å². The Bertz CT molecular complexity index is 855. The number of likely N-dealkylation sites (N-methyl/N-ethyl adjacent to an activating group) is 1. The van der Waals surface area contributed by atoms with Crippen LogP contribution in [-0.4, -0.2) is 70.0 Å². The van der Waals surface area contributed by atoms with E-state index in [9.17, 15) is 19.0 Å². The number of allylic oxidation sites excluding steroid dienone is 9. The zero-order valence-electron chi connectivity index (χ0n) is 23.6. The van der Waals surface area contributed by atoms with E-state index in [0.29, 0.717) is 17.4 Å². The predicted octanol–water partition coefficient (Wildman–Crippen LogP) is 4.81. The number of quaternary nitrogens is 1. The summed E-state index contributed by atoms with van der Waals surface area (Å²) in [6, 6.07) is 0. The Morgan fingerprint density at radius 3 is 1.79 bits per heavy atom. The van der Waals surface area contributed by atoms with E-state index < -0.39 is 32.5 Å². The molecule has 38 heavy (non-hydrogen) atoms. The SMILES string of the molecule is CC/C=C\C/C=C\C/C=C\C/C=C\C/C=C\CC(=O)OC(COC(C)=O)COP(=O)([O-])OCC[N+](C)(C)C. The maximum atomic E-state index is 12.2. The van der Waals surface area contributed by atoms with E-state index in [-0.39, 0.29) is 19.6 Å². The summed E-state index contributed by atoms with van der Waals surface area (Å²) in [7, 11) is 1.08. The average Bonchev–Trinajstić information content (AvgIpc) is 2.82. The molecule has 0 aliphatic heterocycles. The third-order valence-electron chi connectivity index (χ3n) is 4.64. The standard InChI is InChI=1S/C28H46NO8P/c1-6-7-8-9-10-11-12-13-14-15-16-17-18-19-20-21-28(31)37-27(24-34-26(2)30)25-36-38(32,33)35-23-22-29(3,4)5/h7-8,10-11,13-14,16-17,19-20,27H,6,9,12,15,18,21-25H2,1-5H3/b8-7-,11-10-,14-13-,17-16-,20-19-. The van der Waals surface area contributed by atoms with Crippen molar-refractivity contribution in [3.05, 3.63) is 60.8 Å². The molecular formula is C28H46NO8P. The number of hydrogen-bond acceptors (Lipinski definition) is 8. The molecule has 0 aromatic heterocycles. The Labute approximate surface area is 228 Å². The van der Waals surface area contributed by atoms with Crippen LogP contribution < -0.4 is 4.89 Å². The zero-order chi connectivity index (χ0) is 28.7. The van der Waals surface area contributed by atoms with Crippen molar-refractivity contribution in [3.63, 3.8) is 0 Å². The van der Waals surface area contributed by atoms with Gasteiger partial charge in [0.25, 0.3) is 7.82 Å². The van der Waals surface area contributed by atoms with Gasteiger partial charge in [-0.25, -0.2) is 0 Å². The van der Waals surface area contributed by atoms with E-state index in [0.717, 1.165) is 25.7 Å². The van der Waals surface area contributed by atoms with Crippen LogP contribution >= 0.6 is 7.82 Å². The Balaban J connectivity index is 4.36. The van der Waals surface area contributed by atoms with Crippen molar-refractivity contribution in [2.75, 3.05) is 47.5 Å². The van der Waals surface area contributed by atoms with E-state index in [1.807, 2.05) is 39.4 Å². The lowest BCUT2D eigenvalue weighted by Gasteiger charge is -2.28. The number of esters is 2. The molecular weight excluding hydrogens is 509 g/mol. The van der Waals surface area contributed by atoms with Crippen molar-refractivity contribution < 1.29 is 42.1 Å². The van der Waals surface area contributed by atoms with E-state index in [1.54, 1.807) is 6.08 Å². The van der Waals surface area contributed by atoms with Crippen LogP contribution in [0.1, 0.15) is 52.4 Å². The third-order valence-corrected chi connectivity index (χ3v) is 5.61. The molecule has 10 heteroatoms. The fraction of sp³-hybridized carbons (Fsp3) is 0.571. The summed E-state index contributed by atoms with van der Waals surface area (Å²) in [5, 5.41) is 0. The molecule has 9 nitrogen and oxygen atoms in total. The second-order valence-electron chi connectivity index (χ2n) is 9.42. The van der Waals surface area contributed by atoms with Gasteiger partial charge in [-0.3, -0.25) is 14.2 Å². The summed E-state index contributed by atoms with van der Waals surface area (Å²) in [4.78, 5) is 35.3. The predicted molar refractivity (Wildman–Crippen MR) is 148 cm³/mol. The summed E-state index contributed by atoms with van der Waals surface area (Å²) in [6.07, 6.45) is 23.7. The molecule has 216 valence electrons. The number of carbonyl (C=O) groups excluding carboxylic acids is 2. The highest BCUT2D eigenvalue weighted by Crippen LogP contribution is 2.38. The lowest BCUT2D eigenvalue weighted by atomic mass is 10.2. The van der Waals surface area contributed by atoms with E-state index in [1.165, 1.54) is 6.92 Å². The van der Waals surface area contributed by atoms with Crippen LogP contribution in [0.25, 0.3) is 0 Å². The molecule has 0 rings (SSSR count). The molecule has 0 heterocycles. The van der Waals surface area contributed by atoms with Gasteiger partial charge in [-0.1, -0.05) is 67.7 Å². The van der Waals surface area contributed by atoms with Gasteiger partial charge in [-0.05, 0) is 32.1 Å². The molecule has 0 saturated carbocycles. The first-order valence-corrected chi connectivity index (χ1v) is 14.4. The quantitative estimate of drug-likeness (QED) is 0.0859. The van der Waals surface area contributed by atoms with Crippen LogP contribution in [0.3, 0.4) is 0 Å². The van der Waals surface area contributed by atoms with Gasteiger partial charge in [-0.2, -0.15) is 0 Å². The fourth-order valence-electron chi connectivity index (χ4n) is 2.63. The number of nitrogens with zero attached hydrogens (tertiary/aromatic N) is 1. The summed E-state index contributed by atoms with van der Waals surface area (Å²) in [5.74, 6) is -1.19. The maximum Gasteiger partial charge on any atom is 0.310 e. The summed E-state index contributed by atoms with van der Waals surface area (Å²) >= 11 is 0. The zero-order valence-corrected chi connectivity index (χ0v) is 24.5. The maximum absolute atomic E-state index is 12.2. The van der Waals surface area contributed by atoms with Crippen LogP contribution in [0.4, 0.5) is 0 Å². The second-order valence-corrected chi connectivity index (χ2v) is 10.8. The van der Waals surface area contributed by atoms with Crippen molar-refractivity contribution in [2.24, 2.45) is 0 Å². The van der Waals surface area contributed by atoms with Gasteiger partial charge >= 0.3 is 11.9 Å². The Morgan fingerprint density at radius 2 is 1.32 bits per heavy atom. The fourth-order valence-corrected chi connectivity index (χ4v) is 3.36. The number of phosphoric ester groups is 1. The second kappa shape index (κ2) is 21.6. The van der Waals surface area contributed by atoms with E-state index in [2.05, 4.69) is 43.4 Å². The van der Waals surface area contributed by atoms with Gasteiger partial charge < -0.3 is 27.9 Å². The van der Waals surface area contributed by atoms with E-state index in [4.69, 9.17) is 18.5 Å². The molecule has 0 spiro atoms. The summed E-state index contributed by atoms with van der Waals surface area (Å²) < 4.78 is 32.2. The Hall–Kier alpha value is -2.29. The number of rotatable bonds is 21. The monoisotopic (exact) mass is 555 g/mol. The molecule has 2 unspecified atom stereocenters. The van der Waals surface area contributed by atoms with Crippen LogP contribution in [0.5, 0.6) is 0 Å². The van der Waals surface area contributed by atoms with Crippen molar-refractivity contribution in [1.29, 1.82) is 0 Å². The van der Waals surface area contributed by atoms with Crippen LogP contribution in [-0.2, 0) is 32.7 Å². The van der Waals surface area contributed by atoms with Gasteiger partial charge in [0.1, 0.15) is 19.8 Å². The van der Waals surface area contributed by atoms with Crippen molar-refractivity contribution >= 4 is 19.8 Å². The first kappa shape index (κ1) is 35.7. The number of carbonyl (C=O) groups is 2. The van der Waals surface area contributed by atoms with Gasteiger partial charge in [0, 0.05) is 6.92 Å². The minimum absolute atomic E-state index is 0.0148. The average molecular weight is 556 g/mol. The molecule has 0 fully saturated rings. The highest BCUT2D eigenvalue weighted by Gasteiger charge is 2.20. The molecule has 0 N–H and O–H groups in total. The first-order chi connectivity index (χ1) is 17.9. The van der Waals surface area contributed by atoms with Crippen molar-refractivity contribution in [1.82, 2.24) is 0 Å². The Kier molecular flexibility index (Phi) is 20.3. The normalized spacial score (nSPS) is 15.2. The highest BCUT2D eigenvalue weighted by atomic mass is 31.2. The molecule has 0 aromatic carbocycles. The molecule has 2 atom stereocenters. The minimum Gasteiger partial charge on any atom is -0.756 e. The lowest BCUT2D eigenvalue weighted by molar-refractivity contribution is -0.870. The van der Waals surface area contributed by atoms with Gasteiger partial charge in [0.2, 0.25) is 0 Å². The highest BCUT2D eigenvalue weighted by molar-refractivity contribution is 7.45. The van der Waals surface area contributed by atoms with Gasteiger partial charge in [0.05, 0.1) is 34.2 Å². The molecule has 0 radical (unpaired) electrons. The topological polar surface area (TPSA) is 111 Å². The van der Waals surface area contributed by atoms with E-state index >= 15 is 0 Å². The minimum atomic E-state index is -4.60. The van der Waals surface area contributed by atoms with Crippen molar-refractivity contribution in [3.8, 4) is 0 Å². The number of phosphoric acid groups is 1. The van der Waals surface area contributed by atoms with Crippen LogP contribution in [0, 0.1) is 0 Å². The largest absolute Gasteiger partial charge is 0.756 e. The smallest absolute Gasteiger partial charge is 0.310 e. The third kappa shape index (κ3) is 25.4. The summed E-state index contributed by atoms with van der Waals surface area (Å²) in [5.41, 5.74) is 0. The molecule has 0 amide bonds. The molecule has 0 aliphatic carbocycles. The summed E-state index contributed by atoms with van der Waals surface area (Å²) in [6.45, 7) is 2.87. The lowest BCUT2D eigenvalue weighted by Crippen LogP contribution is -2.37. The van der Waals surface area contributed by atoms with Gasteiger partial charge in [-0.15, -0.1) is 0 Å². The number of hydrogen-bond donors (Lipinski definition) is 0.